The van der Waals surface area contributed by atoms with Crippen LogP contribution in [0.2, 0.25) is 0 Å². The van der Waals surface area contributed by atoms with Crippen LogP contribution < -0.4 is 4.90 Å². The maximum absolute atomic E-state index is 13.9. The van der Waals surface area contributed by atoms with Crippen molar-refractivity contribution in [3.05, 3.63) is 72.2 Å². The number of carbonyl (C=O) groups excluding carboxylic acids is 1. The van der Waals surface area contributed by atoms with Crippen molar-refractivity contribution in [2.75, 3.05) is 31.1 Å². The molecule has 5 heteroatoms. The molecule has 4 rings (SSSR count). The summed E-state index contributed by atoms with van der Waals surface area (Å²) in [5, 5.41) is 0.867. The number of fused-ring (bicyclic) bond motifs is 1. The molecule has 2 heterocycles. The van der Waals surface area contributed by atoms with E-state index < -0.39 is 0 Å². The number of aromatic nitrogens is 1. The van der Waals surface area contributed by atoms with Gasteiger partial charge in [0.15, 0.2) is 0 Å². The number of rotatable bonds is 2. The molecule has 1 aromatic heterocycles. The lowest BCUT2D eigenvalue weighted by Crippen LogP contribution is -2.49. The number of amides is 1. The third-order valence-corrected chi connectivity index (χ3v) is 4.64. The summed E-state index contributed by atoms with van der Waals surface area (Å²) in [6, 6.07) is 16.2. The first-order chi connectivity index (χ1) is 12.2. The van der Waals surface area contributed by atoms with E-state index in [1.165, 1.54) is 6.07 Å². The zero-order chi connectivity index (χ0) is 17.2. The fraction of sp³-hybridized carbons (Fsp3) is 0.200. The number of anilines is 1. The normalized spacial score (nSPS) is 14.8. The van der Waals surface area contributed by atoms with Crippen LogP contribution in [0.4, 0.5) is 10.1 Å². The van der Waals surface area contributed by atoms with E-state index >= 15 is 0 Å². The molecule has 0 unspecified atom stereocenters. The summed E-state index contributed by atoms with van der Waals surface area (Å²) in [6.45, 7) is 2.39. The number of para-hydroxylation sites is 2. The van der Waals surface area contributed by atoms with Crippen LogP contribution in [-0.4, -0.2) is 42.0 Å². The standard InChI is InChI=1S/C20H18FN3O/c21-17-6-2-4-8-19(17)23-11-13-24(14-12-23)20(25)16-9-10-22-18-7-3-1-5-15(16)18/h1-10H,11-14H2. The average molecular weight is 335 g/mol. The largest absolute Gasteiger partial charge is 0.366 e. The smallest absolute Gasteiger partial charge is 0.254 e. The fourth-order valence-electron chi connectivity index (χ4n) is 3.31. The molecule has 0 bridgehead atoms. The van der Waals surface area contributed by atoms with Gasteiger partial charge in [0.2, 0.25) is 0 Å². The minimum atomic E-state index is -0.220. The van der Waals surface area contributed by atoms with E-state index in [-0.39, 0.29) is 11.7 Å². The van der Waals surface area contributed by atoms with Gasteiger partial charge in [-0.1, -0.05) is 30.3 Å². The molecule has 1 aliphatic rings. The third kappa shape index (κ3) is 2.93. The Kier molecular flexibility index (Phi) is 4.06. The van der Waals surface area contributed by atoms with Crippen molar-refractivity contribution in [2.24, 2.45) is 0 Å². The number of hydrogen-bond donors (Lipinski definition) is 0. The number of hydrogen-bond acceptors (Lipinski definition) is 3. The van der Waals surface area contributed by atoms with Gasteiger partial charge in [0.1, 0.15) is 5.82 Å². The van der Waals surface area contributed by atoms with Crippen LogP contribution in [-0.2, 0) is 0 Å². The van der Waals surface area contributed by atoms with Crippen LogP contribution in [0.5, 0.6) is 0 Å². The first-order valence-electron chi connectivity index (χ1n) is 8.36. The summed E-state index contributed by atoms with van der Waals surface area (Å²) in [4.78, 5) is 21.1. The van der Waals surface area contributed by atoms with E-state index in [1.54, 1.807) is 24.4 Å². The lowest BCUT2D eigenvalue weighted by molar-refractivity contribution is 0.0748. The van der Waals surface area contributed by atoms with Crippen LogP contribution in [0.1, 0.15) is 10.4 Å². The molecule has 1 fully saturated rings. The Labute approximate surface area is 145 Å². The summed E-state index contributed by atoms with van der Waals surface area (Å²) in [5.41, 5.74) is 2.09. The van der Waals surface area contributed by atoms with Gasteiger partial charge in [-0.2, -0.15) is 0 Å². The quantitative estimate of drug-likeness (QED) is 0.721. The highest BCUT2D eigenvalue weighted by atomic mass is 19.1. The van der Waals surface area contributed by atoms with E-state index in [9.17, 15) is 9.18 Å². The second-order valence-corrected chi connectivity index (χ2v) is 6.11. The molecule has 0 N–H and O–H groups in total. The third-order valence-electron chi connectivity index (χ3n) is 4.64. The highest BCUT2D eigenvalue weighted by Crippen LogP contribution is 2.22. The number of benzene rings is 2. The first kappa shape index (κ1) is 15.6. The van der Waals surface area contributed by atoms with E-state index in [1.807, 2.05) is 40.1 Å². The average Bonchev–Trinajstić information content (AvgIpc) is 2.67. The highest BCUT2D eigenvalue weighted by molar-refractivity contribution is 6.06. The Hall–Kier alpha value is -2.95. The van der Waals surface area contributed by atoms with Crippen molar-refractivity contribution < 1.29 is 9.18 Å². The van der Waals surface area contributed by atoms with Crippen molar-refractivity contribution in [3.8, 4) is 0 Å². The highest BCUT2D eigenvalue weighted by Gasteiger charge is 2.24. The Morgan fingerprint density at radius 1 is 0.920 bits per heavy atom. The molecule has 1 amide bonds. The molecule has 25 heavy (non-hydrogen) atoms. The molecule has 0 atom stereocenters. The summed E-state index contributed by atoms with van der Waals surface area (Å²) in [5.74, 6) is -0.214. The van der Waals surface area contributed by atoms with Crippen molar-refractivity contribution in [3.63, 3.8) is 0 Å². The number of pyridine rings is 1. The van der Waals surface area contributed by atoms with Crippen molar-refractivity contribution >= 4 is 22.5 Å². The predicted octanol–water partition coefficient (Wildman–Crippen LogP) is 3.34. The minimum absolute atomic E-state index is 0.00628. The van der Waals surface area contributed by atoms with Gasteiger partial charge >= 0.3 is 0 Å². The Morgan fingerprint density at radius 3 is 2.44 bits per heavy atom. The molecule has 4 nitrogen and oxygen atoms in total. The maximum atomic E-state index is 13.9. The van der Waals surface area contributed by atoms with Gasteiger partial charge in [0.25, 0.3) is 5.91 Å². The molecule has 2 aromatic carbocycles. The Balaban J connectivity index is 1.52. The van der Waals surface area contributed by atoms with Gasteiger partial charge < -0.3 is 9.80 Å². The number of carbonyl (C=O) groups is 1. The van der Waals surface area contributed by atoms with Crippen LogP contribution in [0, 0.1) is 5.82 Å². The molecule has 0 radical (unpaired) electrons. The Morgan fingerprint density at radius 2 is 1.64 bits per heavy atom. The SMILES string of the molecule is O=C(c1ccnc2ccccc12)N1CCN(c2ccccc2F)CC1. The summed E-state index contributed by atoms with van der Waals surface area (Å²) < 4.78 is 13.9. The van der Waals surface area contributed by atoms with Crippen molar-refractivity contribution in [2.45, 2.75) is 0 Å². The number of nitrogens with zero attached hydrogens (tertiary/aromatic N) is 3. The lowest BCUT2D eigenvalue weighted by Gasteiger charge is -2.36. The van der Waals surface area contributed by atoms with Crippen molar-refractivity contribution in [1.82, 2.24) is 9.88 Å². The molecule has 3 aromatic rings. The second-order valence-electron chi connectivity index (χ2n) is 6.11. The molecular weight excluding hydrogens is 317 g/mol. The minimum Gasteiger partial charge on any atom is -0.366 e. The van der Waals surface area contributed by atoms with Gasteiger partial charge in [-0.15, -0.1) is 0 Å². The van der Waals surface area contributed by atoms with Crippen LogP contribution >= 0.6 is 0 Å². The first-order valence-corrected chi connectivity index (χ1v) is 8.36. The van der Waals surface area contributed by atoms with E-state index in [2.05, 4.69) is 4.98 Å². The van der Waals surface area contributed by atoms with Gasteiger partial charge in [-0.25, -0.2) is 4.39 Å². The van der Waals surface area contributed by atoms with Gasteiger partial charge in [-0.05, 0) is 24.3 Å². The lowest BCUT2D eigenvalue weighted by atomic mass is 10.1. The molecule has 1 aliphatic heterocycles. The van der Waals surface area contributed by atoms with E-state index in [4.69, 9.17) is 0 Å². The summed E-state index contributed by atoms with van der Waals surface area (Å²) in [6.07, 6.45) is 1.67. The summed E-state index contributed by atoms with van der Waals surface area (Å²) in [7, 11) is 0. The molecule has 0 spiro atoms. The second kappa shape index (κ2) is 6.51. The molecule has 1 saturated heterocycles. The van der Waals surface area contributed by atoms with Crippen molar-refractivity contribution in [1.29, 1.82) is 0 Å². The zero-order valence-electron chi connectivity index (χ0n) is 13.7. The topological polar surface area (TPSA) is 36.4 Å². The Bertz CT molecular complexity index is 914. The zero-order valence-corrected chi connectivity index (χ0v) is 13.7. The van der Waals surface area contributed by atoms with Crippen LogP contribution in [0.15, 0.2) is 60.8 Å². The van der Waals surface area contributed by atoms with Crippen LogP contribution in [0.25, 0.3) is 10.9 Å². The number of halogens is 1. The molecule has 0 saturated carbocycles. The fourth-order valence-corrected chi connectivity index (χ4v) is 3.31. The molecule has 0 aliphatic carbocycles. The summed E-state index contributed by atoms with van der Waals surface area (Å²) >= 11 is 0. The van der Waals surface area contributed by atoms with Crippen LogP contribution in [0.3, 0.4) is 0 Å². The molecular formula is C20H18FN3O. The van der Waals surface area contributed by atoms with E-state index in [0.29, 0.717) is 37.4 Å². The predicted molar refractivity (Wildman–Crippen MR) is 96.3 cm³/mol. The number of piperazine rings is 1. The molecule has 126 valence electrons. The maximum Gasteiger partial charge on any atom is 0.254 e. The van der Waals surface area contributed by atoms with Gasteiger partial charge in [-0.3, -0.25) is 9.78 Å². The van der Waals surface area contributed by atoms with Gasteiger partial charge in [0, 0.05) is 37.8 Å². The monoisotopic (exact) mass is 335 g/mol. The van der Waals surface area contributed by atoms with Gasteiger partial charge in [0.05, 0.1) is 16.8 Å². The van der Waals surface area contributed by atoms with E-state index in [0.717, 1.165) is 10.9 Å².